The van der Waals surface area contributed by atoms with Gasteiger partial charge in [-0.3, -0.25) is 4.79 Å². The summed E-state index contributed by atoms with van der Waals surface area (Å²) < 4.78 is 11.5. The molecule has 4 fully saturated rings. The fourth-order valence-corrected chi connectivity index (χ4v) is 11.9. The number of allylic oxidation sites excluding steroid dienone is 1. The molecule has 0 bridgehead atoms. The van der Waals surface area contributed by atoms with Gasteiger partial charge in [0.1, 0.15) is 6.61 Å². The minimum absolute atomic E-state index is 0.0137. The van der Waals surface area contributed by atoms with E-state index < -0.39 is 22.8 Å². The number of esters is 1. The van der Waals surface area contributed by atoms with E-state index in [1.807, 2.05) is 0 Å². The number of ether oxygens (including phenoxy) is 2. The Morgan fingerprint density at radius 2 is 1.68 bits per heavy atom. The van der Waals surface area contributed by atoms with Gasteiger partial charge < -0.3 is 24.8 Å². The molecule has 8 atom stereocenters. The minimum atomic E-state index is -0.784. The van der Waals surface area contributed by atoms with Crippen LogP contribution in [0, 0.1) is 50.2 Å². The van der Waals surface area contributed by atoms with Crippen LogP contribution in [0.3, 0.4) is 0 Å². The Hall–Kier alpha value is -2.80. The average molecular weight is 649 g/mol. The molecule has 0 aliphatic heterocycles. The number of phenols is 1. The first-order valence-corrected chi connectivity index (χ1v) is 17.8. The van der Waals surface area contributed by atoms with Gasteiger partial charge in [-0.2, -0.15) is 0 Å². The van der Waals surface area contributed by atoms with Crippen molar-refractivity contribution in [1.82, 2.24) is 0 Å². The second-order valence-corrected chi connectivity index (χ2v) is 17.7. The van der Waals surface area contributed by atoms with Crippen molar-refractivity contribution < 1.29 is 34.4 Å². The number of rotatable bonds is 6. The lowest BCUT2D eigenvalue weighted by molar-refractivity contribution is -0.217. The van der Waals surface area contributed by atoms with Crippen LogP contribution in [0.1, 0.15) is 111 Å². The van der Waals surface area contributed by atoms with Crippen LogP contribution in [-0.2, 0) is 14.3 Å². The quantitative estimate of drug-likeness (QED) is 0.162. The van der Waals surface area contributed by atoms with Crippen LogP contribution in [-0.4, -0.2) is 47.1 Å². The fourth-order valence-electron chi connectivity index (χ4n) is 11.9. The van der Waals surface area contributed by atoms with E-state index in [-0.39, 0.29) is 46.0 Å². The van der Waals surface area contributed by atoms with Crippen LogP contribution in [0.4, 0.5) is 0 Å². The fraction of sp³-hybridized carbons (Fsp3) is 0.700. The molecule has 47 heavy (non-hydrogen) atoms. The van der Waals surface area contributed by atoms with Crippen molar-refractivity contribution in [2.24, 2.45) is 50.2 Å². The number of carboxylic acid groups (broad SMARTS) is 1. The average Bonchev–Trinajstić information content (AvgIpc) is 3.01. The highest BCUT2D eigenvalue weighted by molar-refractivity contribution is 5.87. The minimum Gasteiger partial charge on any atom is -0.504 e. The Kier molecular flexibility index (Phi) is 8.26. The van der Waals surface area contributed by atoms with E-state index in [0.29, 0.717) is 42.4 Å². The van der Waals surface area contributed by atoms with E-state index in [1.165, 1.54) is 24.8 Å². The first-order chi connectivity index (χ1) is 22.0. The van der Waals surface area contributed by atoms with E-state index in [4.69, 9.17) is 9.47 Å². The summed E-state index contributed by atoms with van der Waals surface area (Å²) in [5.41, 5.74) is 0.360. The molecule has 0 saturated heterocycles. The number of hydrogen-bond acceptors (Lipinski definition) is 6. The maximum absolute atomic E-state index is 13.5. The van der Waals surface area contributed by atoms with Gasteiger partial charge >= 0.3 is 11.9 Å². The SMILES string of the molecule is COc1cc(/C=C\C(=O)OC[C@@]23CC[C@@]4(C(=O)O)CCC(C)(C)C[C@H]4C2=CC[C@@H]2[C@@]4(C)CC[C@H](O)C(C)(C)[C@@H]4CC[C@]23C)ccc1O. The maximum Gasteiger partial charge on any atom is 0.330 e. The molecule has 5 aliphatic carbocycles. The standard InChI is InChI=1S/C40H56O7/c1-35(2)18-19-39(34(44)45)20-21-40(24-47-33(43)13-9-25-8-11-28(41)29(22-25)46-7)26(27(39)23-35)10-12-31-37(5)16-15-32(42)36(3,4)30(37)14-17-38(31,40)6/h8-11,13,22,27,30-32,41-42H,12,14-21,23-24H2,1-7H3,(H,44,45)/b13-9-/t27-,30-,31+,32-,37-,38+,39-,40-/m0/s1. The van der Waals surface area contributed by atoms with Crippen molar-refractivity contribution in [2.45, 2.75) is 112 Å². The third-order valence-electron chi connectivity index (χ3n) is 14.8. The third-order valence-corrected chi connectivity index (χ3v) is 14.8. The number of methoxy groups -OCH3 is 1. The number of carbonyl (C=O) groups is 2. The Bertz CT molecular complexity index is 1490. The highest BCUT2D eigenvalue weighted by Gasteiger charge is 2.70. The summed E-state index contributed by atoms with van der Waals surface area (Å²) in [7, 11) is 1.49. The van der Waals surface area contributed by atoms with Crippen molar-refractivity contribution >= 4 is 18.0 Å². The van der Waals surface area contributed by atoms with Crippen molar-refractivity contribution in [2.75, 3.05) is 13.7 Å². The van der Waals surface area contributed by atoms with Gasteiger partial charge in [0, 0.05) is 11.5 Å². The highest BCUT2D eigenvalue weighted by Crippen LogP contribution is 2.76. The Labute approximate surface area is 280 Å². The van der Waals surface area contributed by atoms with Crippen LogP contribution in [0.5, 0.6) is 11.5 Å². The maximum atomic E-state index is 13.5. The molecule has 5 aliphatic rings. The zero-order chi connectivity index (χ0) is 34.2. The van der Waals surface area contributed by atoms with Gasteiger partial charge in [-0.15, -0.1) is 0 Å². The zero-order valence-electron chi connectivity index (χ0n) is 29.5. The Balaban J connectivity index is 1.40. The van der Waals surface area contributed by atoms with Gasteiger partial charge in [0.05, 0.1) is 18.6 Å². The number of carboxylic acids is 1. The lowest BCUT2D eigenvalue weighted by Gasteiger charge is -2.71. The molecule has 0 heterocycles. The number of phenolic OH excluding ortho intramolecular Hbond substituents is 1. The van der Waals surface area contributed by atoms with Crippen molar-refractivity contribution in [3.8, 4) is 11.5 Å². The first-order valence-electron chi connectivity index (χ1n) is 17.8. The number of aliphatic hydroxyl groups excluding tert-OH is 1. The predicted molar refractivity (Wildman–Crippen MR) is 182 cm³/mol. The number of hydrogen-bond donors (Lipinski definition) is 3. The summed E-state index contributed by atoms with van der Waals surface area (Å²) in [5, 5.41) is 31.9. The van der Waals surface area contributed by atoms with E-state index in [9.17, 15) is 24.9 Å². The summed E-state index contributed by atoms with van der Waals surface area (Å²) in [5.74, 6) is -0.129. The van der Waals surface area contributed by atoms with Crippen molar-refractivity contribution in [3.05, 3.63) is 41.5 Å². The topological polar surface area (TPSA) is 113 Å². The van der Waals surface area contributed by atoms with Crippen molar-refractivity contribution in [3.63, 3.8) is 0 Å². The molecular weight excluding hydrogens is 592 g/mol. The Morgan fingerprint density at radius 3 is 2.38 bits per heavy atom. The summed E-state index contributed by atoms with van der Waals surface area (Å²) in [6.07, 6.45) is 13.5. The van der Waals surface area contributed by atoms with Gasteiger partial charge in [0.2, 0.25) is 0 Å². The zero-order valence-corrected chi connectivity index (χ0v) is 29.5. The first kappa shape index (κ1) is 34.1. The Morgan fingerprint density at radius 1 is 0.957 bits per heavy atom. The smallest absolute Gasteiger partial charge is 0.330 e. The molecule has 7 heteroatoms. The van der Waals surface area contributed by atoms with Gasteiger partial charge in [-0.1, -0.05) is 59.3 Å². The molecule has 0 unspecified atom stereocenters. The van der Waals surface area contributed by atoms with Crippen LogP contribution < -0.4 is 4.74 Å². The molecule has 0 radical (unpaired) electrons. The molecule has 4 saturated carbocycles. The van der Waals surface area contributed by atoms with E-state index >= 15 is 0 Å². The largest absolute Gasteiger partial charge is 0.504 e. The van der Waals surface area contributed by atoms with Gasteiger partial charge in [0.15, 0.2) is 11.5 Å². The van der Waals surface area contributed by atoms with E-state index in [1.54, 1.807) is 18.2 Å². The summed E-state index contributed by atoms with van der Waals surface area (Å²) in [6.45, 7) is 14.1. The monoisotopic (exact) mass is 648 g/mol. The van der Waals surface area contributed by atoms with Crippen LogP contribution >= 0.6 is 0 Å². The lowest BCUT2D eigenvalue weighted by Crippen LogP contribution is -2.66. The molecule has 3 N–H and O–H groups in total. The molecule has 1 aromatic rings. The van der Waals surface area contributed by atoms with Gasteiger partial charge in [-0.25, -0.2) is 4.79 Å². The van der Waals surface area contributed by atoms with Gasteiger partial charge in [0.25, 0.3) is 0 Å². The molecule has 1 aromatic carbocycles. The number of fused-ring (bicyclic) bond motifs is 7. The molecule has 0 aromatic heterocycles. The number of carbonyl (C=O) groups excluding carboxylic acids is 1. The van der Waals surface area contributed by atoms with Crippen LogP contribution in [0.15, 0.2) is 35.9 Å². The second kappa shape index (κ2) is 11.4. The lowest BCUT2D eigenvalue weighted by atomic mass is 9.33. The molecule has 258 valence electrons. The summed E-state index contributed by atoms with van der Waals surface area (Å²) >= 11 is 0. The second-order valence-electron chi connectivity index (χ2n) is 17.7. The number of aromatic hydroxyl groups is 1. The number of aliphatic hydroxyl groups is 1. The molecule has 0 spiro atoms. The number of benzene rings is 1. The van der Waals surface area contributed by atoms with Gasteiger partial charge in [-0.05, 0) is 127 Å². The van der Waals surface area contributed by atoms with Crippen LogP contribution in [0.2, 0.25) is 0 Å². The number of aliphatic carboxylic acids is 1. The van der Waals surface area contributed by atoms with E-state index in [0.717, 1.165) is 44.9 Å². The van der Waals surface area contributed by atoms with Crippen molar-refractivity contribution in [1.29, 1.82) is 0 Å². The predicted octanol–water partition coefficient (Wildman–Crippen LogP) is 8.18. The molecule has 7 nitrogen and oxygen atoms in total. The summed E-state index contributed by atoms with van der Waals surface area (Å²) in [4.78, 5) is 26.6. The third kappa shape index (κ3) is 5.08. The highest BCUT2D eigenvalue weighted by atomic mass is 16.5. The van der Waals surface area contributed by atoms with Crippen LogP contribution in [0.25, 0.3) is 6.08 Å². The summed E-state index contributed by atoms with van der Waals surface area (Å²) in [6, 6.07) is 4.92. The molecule has 0 amide bonds. The molecule has 6 rings (SSSR count). The molecular formula is C40H56O7. The normalized spacial score (nSPS) is 40.2. The van der Waals surface area contributed by atoms with E-state index in [2.05, 4.69) is 47.6 Å².